The Bertz CT molecular complexity index is 728. The van der Waals surface area contributed by atoms with Gasteiger partial charge in [-0.2, -0.15) is 0 Å². The van der Waals surface area contributed by atoms with Gasteiger partial charge in [0.15, 0.2) is 23.9 Å². The Morgan fingerprint density at radius 1 is 1.08 bits per heavy atom. The van der Waals surface area contributed by atoms with E-state index in [1.807, 2.05) is 30.3 Å². The second-order valence-corrected chi connectivity index (χ2v) is 5.83. The van der Waals surface area contributed by atoms with Gasteiger partial charge in [-0.25, -0.2) is 0 Å². The first kappa shape index (κ1) is 18.5. The lowest BCUT2D eigenvalue weighted by Gasteiger charge is -2.14. The molecule has 2 aromatic carbocycles. The minimum atomic E-state index is -0.208. The minimum absolute atomic E-state index is 0.0579. The molecule has 0 aliphatic rings. The van der Waals surface area contributed by atoms with E-state index < -0.39 is 0 Å². The Hall–Kier alpha value is -2.82. The Kier molecular flexibility index (Phi) is 6.57. The van der Waals surface area contributed by atoms with Gasteiger partial charge in [0.25, 0.3) is 5.91 Å². The number of benzene rings is 2. The van der Waals surface area contributed by atoms with Gasteiger partial charge in [0.2, 0.25) is 0 Å². The number of Topliss-reactive ketones (excluding diaryl/α,β-unsaturated/α-hetero) is 1. The van der Waals surface area contributed by atoms with Gasteiger partial charge in [-0.15, -0.1) is 0 Å². The monoisotopic (exact) mass is 341 g/mol. The van der Waals surface area contributed by atoms with Crippen molar-refractivity contribution in [3.8, 4) is 11.5 Å². The molecule has 1 N–H and O–H groups in total. The third-order valence-corrected chi connectivity index (χ3v) is 3.90. The number of carbonyl (C=O) groups is 2. The number of rotatable bonds is 8. The summed E-state index contributed by atoms with van der Waals surface area (Å²) in [6, 6.07) is 14.9. The lowest BCUT2D eigenvalue weighted by Crippen LogP contribution is -2.31. The normalized spacial score (nSPS) is 11.5. The summed E-state index contributed by atoms with van der Waals surface area (Å²) < 4.78 is 10.7. The van der Waals surface area contributed by atoms with Crippen molar-refractivity contribution in [1.29, 1.82) is 0 Å². The van der Waals surface area contributed by atoms with Crippen molar-refractivity contribution in [2.24, 2.45) is 0 Å². The average Bonchev–Trinajstić information content (AvgIpc) is 2.64. The fraction of sp³-hybridized carbons (Fsp3) is 0.300. The first-order valence-electron chi connectivity index (χ1n) is 8.14. The molecule has 1 unspecified atom stereocenters. The molecule has 0 aliphatic heterocycles. The maximum absolute atomic E-state index is 12.0. The molecule has 0 aliphatic carbocycles. The van der Waals surface area contributed by atoms with Crippen LogP contribution >= 0.6 is 0 Å². The quantitative estimate of drug-likeness (QED) is 0.749. The number of ether oxygens (including phenoxy) is 2. The first-order valence-corrected chi connectivity index (χ1v) is 8.14. The topological polar surface area (TPSA) is 64.6 Å². The van der Waals surface area contributed by atoms with Crippen LogP contribution in [0, 0.1) is 0 Å². The van der Waals surface area contributed by atoms with E-state index in [1.165, 1.54) is 19.6 Å². The Balaban J connectivity index is 1.86. The predicted octanol–water partition coefficient (Wildman–Crippen LogP) is 3.20. The first-order chi connectivity index (χ1) is 12.0. The van der Waals surface area contributed by atoms with Crippen LogP contribution in [0.2, 0.25) is 0 Å². The van der Waals surface area contributed by atoms with Crippen LogP contribution in [0.4, 0.5) is 0 Å². The molecule has 0 saturated heterocycles. The summed E-state index contributed by atoms with van der Waals surface area (Å²) in [6.45, 7) is 3.96. The third kappa shape index (κ3) is 5.35. The average molecular weight is 341 g/mol. The van der Waals surface area contributed by atoms with Crippen molar-refractivity contribution in [3.05, 3.63) is 59.7 Å². The standard InChI is InChI=1S/C20H23NO4/c1-14(16-7-5-4-6-8-16)12-21-20(23)13-25-18-10-9-17(15(2)22)11-19(18)24-3/h4-11,14H,12-13H2,1-3H3,(H,21,23). The third-order valence-electron chi connectivity index (χ3n) is 3.90. The zero-order valence-electron chi connectivity index (χ0n) is 14.7. The van der Waals surface area contributed by atoms with E-state index in [1.54, 1.807) is 18.2 Å². The highest BCUT2D eigenvalue weighted by Crippen LogP contribution is 2.28. The fourth-order valence-electron chi connectivity index (χ4n) is 2.37. The summed E-state index contributed by atoms with van der Waals surface area (Å²) in [7, 11) is 1.49. The molecule has 1 amide bonds. The van der Waals surface area contributed by atoms with E-state index >= 15 is 0 Å². The van der Waals surface area contributed by atoms with Gasteiger partial charge in [0.05, 0.1) is 7.11 Å². The molecule has 5 nitrogen and oxygen atoms in total. The zero-order chi connectivity index (χ0) is 18.2. The van der Waals surface area contributed by atoms with Crippen LogP contribution in [0.25, 0.3) is 0 Å². The van der Waals surface area contributed by atoms with E-state index in [2.05, 4.69) is 12.2 Å². The van der Waals surface area contributed by atoms with Gasteiger partial charge >= 0.3 is 0 Å². The highest BCUT2D eigenvalue weighted by molar-refractivity contribution is 5.94. The van der Waals surface area contributed by atoms with E-state index in [-0.39, 0.29) is 24.2 Å². The molecule has 2 rings (SSSR count). The number of methoxy groups -OCH3 is 1. The van der Waals surface area contributed by atoms with Crippen LogP contribution < -0.4 is 14.8 Å². The van der Waals surface area contributed by atoms with Crippen LogP contribution in [-0.2, 0) is 4.79 Å². The molecule has 0 aromatic heterocycles. The summed E-state index contributed by atoms with van der Waals surface area (Å²) in [6.07, 6.45) is 0. The minimum Gasteiger partial charge on any atom is -0.493 e. The van der Waals surface area contributed by atoms with E-state index in [9.17, 15) is 9.59 Å². The van der Waals surface area contributed by atoms with Crippen LogP contribution in [-0.4, -0.2) is 32.0 Å². The van der Waals surface area contributed by atoms with Crippen LogP contribution in [0.3, 0.4) is 0 Å². The number of ketones is 1. The van der Waals surface area contributed by atoms with Crippen molar-refractivity contribution < 1.29 is 19.1 Å². The number of carbonyl (C=O) groups excluding carboxylic acids is 2. The molecule has 5 heteroatoms. The molecule has 0 heterocycles. The van der Waals surface area contributed by atoms with E-state index in [0.29, 0.717) is 23.6 Å². The van der Waals surface area contributed by atoms with Crippen molar-refractivity contribution >= 4 is 11.7 Å². The lowest BCUT2D eigenvalue weighted by atomic mass is 10.0. The predicted molar refractivity (Wildman–Crippen MR) is 96.4 cm³/mol. The molecule has 0 radical (unpaired) electrons. The fourth-order valence-corrected chi connectivity index (χ4v) is 2.37. The number of nitrogens with one attached hydrogen (secondary N) is 1. The summed E-state index contributed by atoms with van der Waals surface area (Å²) in [5, 5.41) is 2.86. The summed E-state index contributed by atoms with van der Waals surface area (Å²) in [4.78, 5) is 23.4. The molecule has 0 saturated carbocycles. The molecule has 0 spiro atoms. The lowest BCUT2D eigenvalue weighted by molar-refractivity contribution is -0.123. The Morgan fingerprint density at radius 3 is 2.44 bits per heavy atom. The van der Waals surface area contributed by atoms with Gasteiger partial charge in [0, 0.05) is 12.1 Å². The highest BCUT2D eigenvalue weighted by Gasteiger charge is 2.11. The molecule has 0 fully saturated rings. The van der Waals surface area contributed by atoms with Crippen molar-refractivity contribution in [2.45, 2.75) is 19.8 Å². The van der Waals surface area contributed by atoms with E-state index in [4.69, 9.17) is 9.47 Å². The Labute approximate surface area is 148 Å². The van der Waals surface area contributed by atoms with Gasteiger partial charge in [-0.05, 0) is 36.6 Å². The summed E-state index contributed by atoms with van der Waals surface area (Å²) in [5.74, 6) is 0.810. The van der Waals surface area contributed by atoms with Gasteiger partial charge in [-0.1, -0.05) is 37.3 Å². The van der Waals surface area contributed by atoms with Crippen LogP contribution in [0.15, 0.2) is 48.5 Å². The second-order valence-electron chi connectivity index (χ2n) is 5.83. The van der Waals surface area contributed by atoms with E-state index in [0.717, 1.165) is 0 Å². The van der Waals surface area contributed by atoms with Crippen molar-refractivity contribution in [1.82, 2.24) is 5.32 Å². The van der Waals surface area contributed by atoms with Gasteiger partial charge in [0.1, 0.15) is 0 Å². The molecular formula is C20H23NO4. The summed E-state index contributed by atoms with van der Waals surface area (Å²) >= 11 is 0. The van der Waals surface area contributed by atoms with Gasteiger partial charge in [-0.3, -0.25) is 9.59 Å². The molecule has 0 bridgehead atoms. The smallest absolute Gasteiger partial charge is 0.257 e. The maximum Gasteiger partial charge on any atom is 0.257 e. The number of hydrogen-bond acceptors (Lipinski definition) is 4. The Morgan fingerprint density at radius 2 is 1.80 bits per heavy atom. The molecule has 2 aromatic rings. The van der Waals surface area contributed by atoms with Crippen LogP contribution in [0.1, 0.15) is 35.7 Å². The van der Waals surface area contributed by atoms with Crippen LogP contribution in [0.5, 0.6) is 11.5 Å². The SMILES string of the molecule is COc1cc(C(C)=O)ccc1OCC(=O)NCC(C)c1ccccc1. The van der Waals surface area contributed by atoms with Gasteiger partial charge < -0.3 is 14.8 Å². The summed E-state index contributed by atoms with van der Waals surface area (Å²) in [5.41, 5.74) is 1.70. The van der Waals surface area contributed by atoms with Crippen molar-refractivity contribution in [3.63, 3.8) is 0 Å². The number of hydrogen-bond donors (Lipinski definition) is 1. The number of amides is 1. The highest BCUT2D eigenvalue weighted by atomic mass is 16.5. The van der Waals surface area contributed by atoms with Crippen molar-refractivity contribution in [2.75, 3.05) is 20.3 Å². The molecule has 1 atom stereocenters. The maximum atomic E-state index is 12.0. The molecule has 25 heavy (non-hydrogen) atoms. The molecular weight excluding hydrogens is 318 g/mol. The second kappa shape index (κ2) is 8.87. The molecule has 132 valence electrons. The largest absolute Gasteiger partial charge is 0.493 e. The zero-order valence-corrected chi connectivity index (χ0v) is 14.7.